The zero-order valence-corrected chi connectivity index (χ0v) is 24.5. The minimum absolute atomic E-state index is 0.251. The molecule has 1 aromatic carbocycles. The van der Waals surface area contributed by atoms with Crippen molar-refractivity contribution in [3.63, 3.8) is 0 Å². The highest BCUT2D eigenvalue weighted by atomic mass is 32.1. The van der Waals surface area contributed by atoms with E-state index in [0.717, 1.165) is 77.8 Å². The lowest BCUT2D eigenvalue weighted by Crippen LogP contribution is -2.34. The number of amides is 1. The standard InChI is InChI=1S/C31H37N3O5S/c1-5-14-34-15-13-24-22(17-34)26(20-9-7-8-10-23(20)32-24)31(37)39-19(4)28(35)33-29-27(30(36)38-6-2)21-12-11-18(3)16-25(21)40-29/h7-10,18-19H,5-6,11-17H2,1-4H3,(H,33,35). The SMILES string of the molecule is CCCN1CCc2nc3ccccc3c(C(=O)OC(C)C(=O)Nc3sc4c(c3C(=O)OCC)CCC(C)C4)c2C1. The van der Waals surface area contributed by atoms with Gasteiger partial charge in [0.25, 0.3) is 5.91 Å². The molecule has 1 N–H and O–H groups in total. The summed E-state index contributed by atoms with van der Waals surface area (Å²) in [5.41, 5.74) is 4.41. The Hall–Kier alpha value is -3.30. The van der Waals surface area contributed by atoms with Crippen molar-refractivity contribution in [3.8, 4) is 0 Å². The molecule has 212 valence electrons. The molecule has 1 aliphatic heterocycles. The average Bonchev–Trinajstić information content (AvgIpc) is 3.28. The molecule has 3 aromatic rings. The number of thiophene rings is 1. The van der Waals surface area contributed by atoms with Crippen LogP contribution in [0, 0.1) is 5.92 Å². The Morgan fingerprint density at radius 3 is 2.70 bits per heavy atom. The fourth-order valence-corrected chi connectivity index (χ4v) is 7.13. The number of para-hydroxylation sites is 1. The molecule has 0 bridgehead atoms. The van der Waals surface area contributed by atoms with E-state index in [2.05, 4.69) is 24.1 Å². The van der Waals surface area contributed by atoms with Gasteiger partial charge in [-0.05, 0) is 63.6 Å². The predicted molar refractivity (Wildman–Crippen MR) is 156 cm³/mol. The molecule has 8 nitrogen and oxygen atoms in total. The maximum atomic E-state index is 13.7. The third-order valence-electron chi connectivity index (χ3n) is 7.75. The monoisotopic (exact) mass is 563 g/mol. The van der Waals surface area contributed by atoms with Crippen LogP contribution in [0.4, 0.5) is 5.00 Å². The van der Waals surface area contributed by atoms with Crippen molar-refractivity contribution in [1.82, 2.24) is 9.88 Å². The molecule has 1 aliphatic carbocycles. The lowest BCUT2D eigenvalue weighted by molar-refractivity contribution is -0.123. The summed E-state index contributed by atoms with van der Waals surface area (Å²) in [6, 6.07) is 7.57. The minimum Gasteiger partial charge on any atom is -0.462 e. The van der Waals surface area contributed by atoms with Gasteiger partial charge in [0.15, 0.2) is 6.10 Å². The van der Waals surface area contributed by atoms with Crippen molar-refractivity contribution in [1.29, 1.82) is 0 Å². The van der Waals surface area contributed by atoms with Crippen LogP contribution in [0.3, 0.4) is 0 Å². The topological polar surface area (TPSA) is 97.8 Å². The number of rotatable bonds is 8. The Balaban J connectivity index is 1.40. The highest BCUT2D eigenvalue weighted by molar-refractivity contribution is 7.17. The number of pyridine rings is 1. The van der Waals surface area contributed by atoms with E-state index >= 15 is 0 Å². The average molecular weight is 564 g/mol. The number of anilines is 1. The van der Waals surface area contributed by atoms with Crippen LogP contribution >= 0.6 is 11.3 Å². The van der Waals surface area contributed by atoms with Gasteiger partial charge in [-0.25, -0.2) is 9.59 Å². The maximum Gasteiger partial charge on any atom is 0.341 e. The van der Waals surface area contributed by atoms with Gasteiger partial charge in [-0.3, -0.25) is 14.7 Å². The zero-order valence-electron chi connectivity index (χ0n) is 23.7. The summed E-state index contributed by atoms with van der Waals surface area (Å²) in [6.45, 7) is 10.4. The number of hydrogen-bond acceptors (Lipinski definition) is 8. The smallest absolute Gasteiger partial charge is 0.341 e. The van der Waals surface area contributed by atoms with E-state index < -0.39 is 23.9 Å². The first-order chi connectivity index (χ1) is 19.3. The number of benzene rings is 1. The van der Waals surface area contributed by atoms with Crippen LogP contribution in [0.25, 0.3) is 10.9 Å². The Bertz CT molecular complexity index is 1450. The molecule has 9 heteroatoms. The molecule has 40 heavy (non-hydrogen) atoms. The summed E-state index contributed by atoms with van der Waals surface area (Å²) in [5.74, 6) is -0.939. The van der Waals surface area contributed by atoms with Gasteiger partial charge < -0.3 is 14.8 Å². The molecule has 2 aromatic heterocycles. The van der Waals surface area contributed by atoms with Crippen molar-refractivity contribution in [3.05, 3.63) is 57.1 Å². The van der Waals surface area contributed by atoms with Crippen molar-refractivity contribution < 1.29 is 23.9 Å². The molecule has 3 heterocycles. The summed E-state index contributed by atoms with van der Waals surface area (Å²) < 4.78 is 11.1. The van der Waals surface area contributed by atoms with Crippen molar-refractivity contribution >= 4 is 45.1 Å². The van der Waals surface area contributed by atoms with Crippen molar-refractivity contribution in [2.45, 2.75) is 72.4 Å². The summed E-state index contributed by atoms with van der Waals surface area (Å²) in [5, 5.41) is 4.07. The summed E-state index contributed by atoms with van der Waals surface area (Å²) in [4.78, 5) is 48.2. The number of hydrogen-bond donors (Lipinski definition) is 1. The van der Waals surface area contributed by atoms with Gasteiger partial charge in [0.05, 0.1) is 23.3 Å². The first-order valence-electron chi connectivity index (χ1n) is 14.3. The van der Waals surface area contributed by atoms with Crippen LogP contribution in [0.2, 0.25) is 0 Å². The highest BCUT2D eigenvalue weighted by Gasteiger charge is 2.32. The van der Waals surface area contributed by atoms with E-state index in [9.17, 15) is 14.4 Å². The molecule has 2 aliphatic rings. The van der Waals surface area contributed by atoms with Gasteiger partial charge in [-0.15, -0.1) is 11.3 Å². The quantitative estimate of drug-likeness (QED) is 0.359. The number of fused-ring (bicyclic) bond motifs is 3. The molecule has 0 fully saturated rings. The minimum atomic E-state index is -1.07. The normalized spacial score (nSPS) is 17.6. The second-order valence-corrected chi connectivity index (χ2v) is 11.9. The van der Waals surface area contributed by atoms with Gasteiger partial charge in [0, 0.05) is 41.0 Å². The van der Waals surface area contributed by atoms with E-state index in [1.54, 1.807) is 13.8 Å². The second-order valence-electron chi connectivity index (χ2n) is 10.8. The summed E-state index contributed by atoms with van der Waals surface area (Å²) in [7, 11) is 0. The fourth-order valence-electron chi connectivity index (χ4n) is 5.73. The highest BCUT2D eigenvalue weighted by Crippen LogP contribution is 2.40. The van der Waals surface area contributed by atoms with Gasteiger partial charge >= 0.3 is 11.9 Å². The number of carbonyl (C=O) groups is 3. The van der Waals surface area contributed by atoms with E-state index in [1.165, 1.54) is 11.3 Å². The number of nitrogens with one attached hydrogen (secondary N) is 1. The van der Waals surface area contributed by atoms with Gasteiger partial charge in [-0.1, -0.05) is 32.0 Å². The lowest BCUT2D eigenvalue weighted by atomic mass is 9.88. The summed E-state index contributed by atoms with van der Waals surface area (Å²) in [6.07, 6.45) is 3.33. The number of aromatic nitrogens is 1. The van der Waals surface area contributed by atoms with E-state index in [1.807, 2.05) is 24.3 Å². The van der Waals surface area contributed by atoms with Crippen LogP contribution in [0.15, 0.2) is 24.3 Å². The van der Waals surface area contributed by atoms with Crippen LogP contribution in [-0.4, -0.2) is 53.5 Å². The number of nitrogens with zero attached hydrogens (tertiary/aromatic N) is 2. The molecule has 0 radical (unpaired) electrons. The lowest BCUT2D eigenvalue weighted by Gasteiger charge is -2.29. The number of ether oxygens (including phenoxy) is 2. The third-order valence-corrected chi connectivity index (χ3v) is 8.92. The van der Waals surface area contributed by atoms with Gasteiger partial charge in [-0.2, -0.15) is 0 Å². The molecule has 2 unspecified atom stereocenters. The molecular weight excluding hydrogens is 526 g/mol. The molecular formula is C31H37N3O5S. The van der Waals surface area contributed by atoms with Gasteiger partial charge in [0.1, 0.15) is 5.00 Å². The van der Waals surface area contributed by atoms with Crippen LogP contribution in [0.5, 0.6) is 0 Å². The molecule has 2 atom stereocenters. The van der Waals surface area contributed by atoms with Crippen molar-refractivity contribution in [2.75, 3.05) is 25.0 Å². The Morgan fingerprint density at radius 2 is 1.93 bits per heavy atom. The Kier molecular flexibility index (Phi) is 8.51. The maximum absolute atomic E-state index is 13.7. The molecule has 0 saturated carbocycles. The first-order valence-corrected chi connectivity index (χ1v) is 15.1. The number of esters is 2. The van der Waals surface area contributed by atoms with Gasteiger partial charge in [0.2, 0.25) is 0 Å². The zero-order chi connectivity index (χ0) is 28.4. The van der Waals surface area contributed by atoms with Crippen molar-refractivity contribution in [2.24, 2.45) is 5.92 Å². The predicted octanol–water partition coefficient (Wildman–Crippen LogP) is 5.55. The molecule has 0 saturated heterocycles. The largest absolute Gasteiger partial charge is 0.462 e. The first kappa shape index (κ1) is 28.2. The van der Waals surface area contributed by atoms with E-state index in [-0.39, 0.29) is 6.61 Å². The molecule has 5 rings (SSSR count). The molecule has 1 amide bonds. The Morgan fingerprint density at radius 1 is 1.12 bits per heavy atom. The van der Waals surface area contributed by atoms with Crippen LogP contribution < -0.4 is 5.32 Å². The number of carbonyl (C=O) groups excluding carboxylic acids is 3. The fraction of sp³-hybridized carbons (Fsp3) is 0.484. The van der Waals surface area contributed by atoms with Crippen LogP contribution in [0.1, 0.15) is 83.0 Å². The van der Waals surface area contributed by atoms with Crippen LogP contribution in [-0.2, 0) is 40.1 Å². The van der Waals surface area contributed by atoms with E-state index in [0.29, 0.717) is 28.6 Å². The molecule has 0 spiro atoms. The third kappa shape index (κ3) is 5.63. The van der Waals surface area contributed by atoms with E-state index in [4.69, 9.17) is 14.5 Å². The Labute approximate surface area is 239 Å². The summed E-state index contributed by atoms with van der Waals surface area (Å²) >= 11 is 1.42. The second kappa shape index (κ2) is 12.1.